The molecule has 0 aliphatic heterocycles. The van der Waals surface area contributed by atoms with Crippen molar-refractivity contribution < 1.29 is 19.2 Å². The number of carbonyl (C=O) groups is 2. The van der Waals surface area contributed by atoms with E-state index in [0.717, 1.165) is 0 Å². The molecule has 1 aromatic carbocycles. The number of hydrogen-bond donors (Lipinski definition) is 2. The van der Waals surface area contributed by atoms with E-state index in [-0.39, 0.29) is 36.3 Å². The molecule has 0 heterocycles. The topological polar surface area (TPSA) is 114 Å². The molecule has 1 aromatic rings. The fraction of sp³-hybridized carbons (Fsp3) is 0.467. The lowest BCUT2D eigenvalue weighted by molar-refractivity contribution is -0.384. The van der Waals surface area contributed by atoms with Crippen LogP contribution in [0, 0.1) is 10.1 Å². The third-order valence-electron chi connectivity index (χ3n) is 3.22. The number of hydrogen-bond acceptors (Lipinski definition) is 6. The zero-order valence-corrected chi connectivity index (χ0v) is 14.0. The van der Waals surface area contributed by atoms with Crippen molar-refractivity contribution in [3.05, 3.63) is 28.3 Å². The van der Waals surface area contributed by atoms with Gasteiger partial charge in [-0.15, -0.1) is 0 Å². The number of nitrogens with zero attached hydrogens (tertiary/aromatic N) is 2. The van der Waals surface area contributed by atoms with E-state index in [9.17, 15) is 19.7 Å². The standard InChI is InChI=1S/C15H22N4O5/c1-4-16-14(20)9-18(5-2)10-15(21)17-12-8-11(19(22)23)6-7-13(12)24-3/h6-8H,4-5,9-10H2,1-3H3,(H,16,20)(H,17,21). The van der Waals surface area contributed by atoms with Crippen LogP contribution in [0.15, 0.2) is 18.2 Å². The molecule has 9 nitrogen and oxygen atoms in total. The number of rotatable bonds is 9. The molecule has 1 rings (SSSR count). The minimum Gasteiger partial charge on any atom is -0.495 e. The molecule has 0 radical (unpaired) electrons. The van der Waals surface area contributed by atoms with E-state index in [0.29, 0.717) is 18.8 Å². The van der Waals surface area contributed by atoms with Gasteiger partial charge in [-0.3, -0.25) is 24.6 Å². The van der Waals surface area contributed by atoms with Crippen LogP contribution in [0.4, 0.5) is 11.4 Å². The van der Waals surface area contributed by atoms with Crippen LogP contribution < -0.4 is 15.4 Å². The van der Waals surface area contributed by atoms with Gasteiger partial charge in [0.25, 0.3) is 5.69 Å². The largest absolute Gasteiger partial charge is 0.495 e. The summed E-state index contributed by atoms with van der Waals surface area (Å²) in [5.74, 6) is -0.235. The molecule has 0 saturated carbocycles. The van der Waals surface area contributed by atoms with Crippen molar-refractivity contribution in [1.82, 2.24) is 10.2 Å². The first-order valence-corrected chi connectivity index (χ1v) is 7.52. The predicted octanol–water partition coefficient (Wildman–Crippen LogP) is 1.000. The van der Waals surface area contributed by atoms with E-state index in [1.165, 1.54) is 25.3 Å². The van der Waals surface area contributed by atoms with Crippen LogP contribution >= 0.6 is 0 Å². The van der Waals surface area contributed by atoms with Crippen LogP contribution in [0.1, 0.15) is 13.8 Å². The van der Waals surface area contributed by atoms with Crippen LogP contribution in [0.2, 0.25) is 0 Å². The number of nitrogens with one attached hydrogen (secondary N) is 2. The maximum atomic E-state index is 12.2. The van der Waals surface area contributed by atoms with Crippen molar-refractivity contribution in [3.8, 4) is 5.75 Å². The fourth-order valence-corrected chi connectivity index (χ4v) is 2.04. The normalized spacial score (nSPS) is 10.3. The summed E-state index contributed by atoms with van der Waals surface area (Å²) in [5, 5.41) is 16.1. The molecule has 0 fully saturated rings. The summed E-state index contributed by atoms with van der Waals surface area (Å²) in [6, 6.07) is 3.94. The van der Waals surface area contributed by atoms with Gasteiger partial charge < -0.3 is 15.4 Å². The van der Waals surface area contributed by atoms with E-state index >= 15 is 0 Å². The summed E-state index contributed by atoms with van der Waals surface area (Å²) >= 11 is 0. The molecule has 0 aliphatic carbocycles. The van der Waals surface area contributed by atoms with Crippen LogP contribution in [-0.4, -0.2) is 54.9 Å². The van der Waals surface area contributed by atoms with Crippen LogP contribution in [0.25, 0.3) is 0 Å². The lowest BCUT2D eigenvalue weighted by Crippen LogP contribution is -2.41. The van der Waals surface area contributed by atoms with Gasteiger partial charge in [0.2, 0.25) is 11.8 Å². The Bertz CT molecular complexity index is 606. The second kappa shape index (κ2) is 9.46. The molecule has 0 atom stereocenters. The number of nitro benzene ring substituents is 1. The van der Waals surface area contributed by atoms with Gasteiger partial charge in [-0.25, -0.2) is 0 Å². The smallest absolute Gasteiger partial charge is 0.271 e. The number of methoxy groups -OCH3 is 1. The van der Waals surface area contributed by atoms with Gasteiger partial charge in [-0.2, -0.15) is 0 Å². The maximum absolute atomic E-state index is 12.2. The average molecular weight is 338 g/mol. The summed E-state index contributed by atoms with van der Waals surface area (Å²) in [6.45, 7) is 4.77. The number of nitro groups is 1. The Kier molecular flexibility index (Phi) is 7.63. The first-order chi connectivity index (χ1) is 11.4. The van der Waals surface area contributed by atoms with Gasteiger partial charge in [-0.05, 0) is 19.5 Å². The Morgan fingerprint density at radius 3 is 2.46 bits per heavy atom. The van der Waals surface area contributed by atoms with E-state index < -0.39 is 4.92 Å². The summed E-state index contributed by atoms with van der Waals surface area (Å²) in [4.78, 5) is 35.7. The quantitative estimate of drug-likeness (QED) is 0.513. The molecule has 0 saturated heterocycles. The zero-order valence-electron chi connectivity index (χ0n) is 14.0. The van der Waals surface area contributed by atoms with Crippen LogP contribution in [0.3, 0.4) is 0 Å². The fourth-order valence-electron chi connectivity index (χ4n) is 2.04. The van der Waals surface area contributed by atoms with Gasteiger partial charge >= 0.3 is 0 Å². The predicted molar refractivity (Wildman–Crippen MR) is 89.1 cm³/mol. The van der Waals surface area contributed by atoms with Gasteiger partial charge in [0, 0.05) is 18.7 Å². The molecule has 2 amide bonds. The van der Waals surface area contributed by atoms with Crippen molar-refractivity contribution in [2.45, 2.75) is 13.8 Å². The Labute approximate surface area is 140 Å². The van der Waals surface area contributed by atoms with E-state index in [2.05, 4.69) is 10.6 Å². The molecule has 2 N–H and O–H groups in total. The van der Waals surface area contributed by atoms with Crippen LogP contribution in [0.5, 0.6) is 5.75 Å². The lowest BCUT2D eigenvalue weighted by Gasteiger charge is -2.19. The molecule has 0 aromatic heterocycles. The number of carbonyl (C=O) groups excluding carboxylic acids is 2. The SMILES string of the molecule is CCNC(=O)CN(CC)CC(=O)Nc1cc([N+](=O)[O-])ccc1OC. The number of likely N-dealkylation sites (N-methyl/N-ethyl adjacent to an activating group) is 2. The Hall–Kier alpha value is -2.68. The third kappa shape index (κ3) is 5.84. The number of ether oxygens (including phenoxy) is 1. The van der Waals surface area contributed by atoms with Crippen molar-refractivity contribution in [1.29, 1.82) is 0 Å². The highest BCUT2D eigenvalue weighted by Crippen LogP contribution is 2.28. The summed E-state index contributed by atoms with van der Waals surface area (Å²) in [6.07, 6.45) is 0. The number of benzene rings is 1. The van der Waals surface area contributed by atoms with Crippen molar-refractivity contribution in [3.63, 3.8) is 0 Å². The molecular formula is C15H22N4O5. The number of amides is 2. The molecule has 0 bridgehead atoms. The second-order valence-corrected chi connectivity index (χ2v) is 4.95. The molecular weight excluding hydrogens is 316 g/mol. The van der Waals surface area contributed by atoms with Crippen LogP contribution in [-0.2, 0) is 9.59 Å². The first kappa shape index (κ1) is 19.4. The minimum atomic E-state index is -0.553. The summed E-state index contributed by atoms with van der Waals surface area (Å²) < 4.78 is 5.09. The zero-order chi connectivity index (χ0) is 18.1. The maximum Gasteiger partial charge on any atom is 0.271 e. The van der Waals surface area contributed by atoms with Crippen molar-refractivity contribution >= 4 is 23.2 Å². The van der Waals surface area contributed by atoms with E-state index in [1.54, 1.807) is 4.90 Å². The molecule has 0 aliphatic rings. The van der Waals surface area contributed by atoms with E-state index in [4.69, 9.17) is 4.74 Å². The van der Waals surface area contributed by atoms with Gasteiger partial charge in [0.05, 0.1) is 30.8 Å². The average Bonchev–Trinajstić information content (AvgIpc) is 2.54. The Morgan fingerprint density at radius 1 is 1.25 bits per heavy atom. The Morgan fingerprint density at radius 2 is 1.92 bits per heavy atom. The van der Waals surface area contributed by atoms with E-state index in [1.807, 2.05) is 13.8 Å². The summed E-state index contributed by atoms with van der Waals surface area (Å²) in [5.41, 5.74) is 0.0616. The highest BCUT2D eigenvalue weighted by Gasteiger charge is 2.16. The Balaban J connectivity index is 2.77. The second-order valence-electron chi connectivity index (χ2n) is 4.95. The summed E-state index contributed by atoms with van der Waals surface area (Å²) in [7, 11) is 1.41. The lowest BCUT2D eigenvalue weighted by atomic mass is 10.2. The number of non-ortho nitro benzene ring substituents is 1. The highest BCUT2D eigenvalue weighted by molar-refractivity contribution is 5.94. The van der Waals surface area contributed by atoms with Crippen molar-refractivity contribution in [2.75, 3.05) is 38.6 Å². The highest BCUT2D eigenvalue weighted by atomic mass is 16.6. The molecule has 0 unspecified atom stereocenters. The van der Waals surface area contributed by atoms with Crippen molar-refractivity contribution in [2.24, 2.45) is 0 Å². The molecule has 132 valence electrons. The number of anilines is 1. The molecule has 9 heteroatoms. The first-order valence-electron chi connectivity index (χ1n) is 7.52. The van der Waals surface area contributed by atoms with Gasteiger partial charge in [-0.1, -0.05) is 6.92 Å². The molecule has 0 spiro atoms. The van der Waals surface area contributed by atoms with Gasteiger partial charge in [0.15, 0.2) is 0 Å². The third-order valence-corrected chi connectivity index (χ3v) is 3.22. The van der Waals surface area contributed by atoms with Gasteiger partial charge in [0.1, 0.15) is 5.75 Å². The monoisotopic (exact) mass is 338 g/mol. The minimum absolute atomic E-state index is 0.0144. The molecule has 24 heavy (non-hydrogen) atoms.